The Morgan fingerprint density at radius 3 is 2.35 bits per heavy atom. The van der Waals surface area contributed by atoms with Crippen LogP contribution in [0, 0.1) is 13.8 Å². The average Bonchev–Trinajstić information content (AvgIpc) is 2.54. The Labute approximate surface area is 137 Å². The minimum absolute atomic E-state index is 0.168. The van der Waals surface area contributed by atoms with E-state index < -0.39 is 0 Å². The molecule has 3 heteroatoms. The minimum Gasteiger partial charge on any atom is -0.507 e. The molecule has 1 aliphatic rings. The second-order valence-electron chi connectivity index (χ2n) is 6.87. The summed E-state index contributed by atoms with van der Waals surface area (Å²) in [5.41, 5.74) is 4.73. The summed E-state index contributed by atoms with van der Waals surface area (Å²) >= 11 is 0. The molecule has 23 heavy (non-hydrogen) atoms. The number of benzene rings is 2. The Morgan fingerprint density at radius 2 is 1.74 bits per heavy atom. The summed E-state index contributed by atoms with van der Waals surface area (Å²) in [5.74, 6) is 2.10. The Balaban J connectivity index is 2.22. The summed E-state index contributed by atoms with van der Waals surface area (Å²) in [7, 11) is 1.65. The normalized spacial score (nSPS) is 15.7. The van der Waals surface area contributed by atoms with Gasteiger partial charge in [0.15, 0.2) is 0 Å². The van der Waals surface area contributed by atoms with Crippen molar-refractivity contribution in [3.63, 3.8) is 0 Å². The summed E-state index contributed by atoms with van der Waals surface area (Å²) in [4.78, 5) is 0. The van der Waals surface area contributed by atoms with Crippen LogP contribution >= 0.6 is 0 Å². The molecule has 0 atom stereocenters. The van der Waals surface area contributed by atoms with Gasteiger partial charge in [0, 0.05) is 11.1 Å². The molecule has 0 spiro atoms. The molecule has 0 bridgehead atoms. The zero-order chi connectivity index (χ0) is 16.8. The molecular formula is C20H24O3. The van der Waals surface area contributed by atoms with Crippen molar-refractivity contribution in [3.8, 4) is 28.4 Å². The summed E-state index contributed by atoms with van der Waals surface area (Å²) in [6.07, 6.45) is 1.84. The molecule has 0 saturated carbocycles. The van der Waals surface area contributed by atoms with Crippen molar-refractivity contribution in [2.75, 3.05) is 7.11 Å². The van der Waals surface area contributed by atoms with Crippen LogP contribution in [0.25, 0.3) is 11.1 Å². The highest BCUT2D eigenvalue weighted by molar-refractivity contribution is 5.80. The molecular weight excluding hydrogens is 288 g/mol. The molecule has 0 amide bonds. The minimum atomic E-state index is -0.168. The van der Waals surface area contributed by atoms with Gasteiger partial charge in [-0.1, -0.05) is 12.1 Å². The summed E-state index contributed by atoms with van der Waals surface area (Å²) in [6, 6.07) is 7.82. The first kappa shape index (κ1) is 15.7. The van der Waals surface area contributed by atoms with Crippen LogP contribution in [0.5, 0.6) is 17.2 Å². The number of ether oxygens (including phenoxy) is 2. The summed E-state index contributed by atoms with van der Waals surface area (Å²) < 4.78 is 11.5. The number of hydrogen-bond acceptors (Lipinski definition) is 3. The molecule has 1 N–H and O–H groups in total. The zero-order valence-electron chi connectivity index (χ0n) is 14.5. The van der Waals surface area contributed by atoms with E-state index in [0.717, 1.165) is 52.2 Å². The third-order valence-corrected chi connectivity index (χ3v) is 4.81. The highest BCUT2D eigenvalue weighted by Gasteiger charge is 2.32. The predicted octanol–water partition coefficient (Wildman–Crippen LogP) is 4.79. The van der Waals surface area contributed by atoms with Gasteiger partial charge in [-0.05, 0) is 69.4 Å². The Hall–Kier alpha value is -2.16. The van der Waals surface area contributed by atoms with Crippen molar-refractivity contribution < 1.29 is 14.6 Å². The molecule has 0 saturated heterocycles. The molecule has 3 rings (SSSR count). The number of phenols is 1. The molecule has 3 nitrogen and oxygen atoms in total. The first-order valence-electron chi connectivity index (χ1n) is 8.02. The molecule has 2 aromatic rings. The fourth-order valence-electron chi connectivity index (χ4n) is 3.22. The number of methoxy groups -OCH3 is 1. The molecule has 1 aliphatic heterocycles. The van der Waals surface area contributed by atoms with Gasteiger partial charge in [0.1, 0.15) is 22.8 Å². The number of aromatic hydroxyl groups is 1. The van der Waals surface area contributed by atoms with Crippen LogP contribution in [0.3, 0.4) is 0 Å². The van der Waals surface area contributed by atoms with Gasteiger partial charge >= 0.3 is 0 Å². The second kappa shape index (κ2) is 5.48. The molecule has 0 radical (unpaired) electrons. The summed E-state index contributed by atoms with van der Waals surface area (Å²) in [6.45, 7) is 8.20. The highest BCUT2D eigenvalue weighted by atomic mass is 16.5. The van der Waals surface area contributed by atoms with Crippen molar-refractivity contribution in [2.45, 2.75) is 46.1 Å². The molecule has 2 aromatic carbocycles. The van der Waals surface area contributed by atoms with E-state index in [-0.39, 0.29) is 5.60 Å². The SMILES string of the molecule is COc1ccc(-c2c(O)c(C)c(C)c3c2CCC(C)(C)O3)cc1. The first-order chi connectivity index (χ1) is 10.8. The van der Waals surface area contributed by atoms with Gasteiger partial charge in [0.05, 0.1) is 7.11 Å². The fraction of sp³-hybridized carbons (Fsp3) is 0.400. The lowest BCUT2D eigenvalue weighted by Gasteiger charge is -2.35. The fourth-order valence-corrected chi connectivity index (χ4v) is 3.22. The highest BCUT2D eigenvalue weighted by Crippen LogP contribution is 2.47. The van der Waals surface area contributed by atoms with Crippen LogP contribution in [0.15, 0.2) is 24.3 Å². The van der Waals surface area contributed by atoms with Crippen molar-refractivity contribution in [3.05, 3.63) is 41.0 Å². The van der Waals surface area contributed by atoms with E-state index in [1.54, 1.807) is 7.11 Å². The van der Waals surface area contributed by atoms with Crippen molar-refractivity contribution >= 4 is 0 Å². The van der Waals surface area contributed by atoms with Crippen LogP contribution in [-0.2, 0) is 6.42 Å². The molecule has 0 aromatic heterocycles. The zero-order valence-corrected chi connectivity index (χ0v) is 14.5. The largest absolute Gasteiger partial charge is 0.507 e. The third-order valence-electron chi connectivity index (χ3n) is 4.81. The molecule has 1 heterocycles. The first-order valence-corrected chi connectivity index (χ1v) is 8.02. The van der Waals surface area contributed by atoms with Crippen LogP contribution in [0.2, 0.25) is 0 Å². The van der Waals surface area contributed by atoms with Crippen molar-refractivity contribution in [1.29, 1.82) is 0 Å². The molecule has 0 unspecified atom stereocenters. The Kier molecular flexibility index (Phi) is 3.75. The number of hydrogen-bond donors (Lipinski definition) is 1. The predicted molar refractivity (Wildman–Crippen MR) is 92.6 cm³/mol. The van der Waals surface area contributed by atoms with Gasteiger partial charge in [-0.2, -0.15) is 0 Å². The van der Waals surface area contributed by atoms with Crippen LogP contribution in [0.4, 0.5) is 0 Å². The standard InChI is InChI=1S/C20H24O3/c1-12-13(2)19-16(10-11-20(3,4)23-19)17(18(12)21)14-6-8-15(22-5)9-7-14/h6-9,21H,10-11H2,1-5H3. The molecule has 0 fully saturated rings. The van der Waals surface area contributed by atoms with Crippen molar-refractivity contribution in [1.82, 2.24) is 0 Å². The van der Waals surface area contributed by atoms with E-state index in [9.17, 15) is 5.11 Å². The lowest BCUT2D eigenvalue weighted by Crippen LogP contribution is -2.33. The van der Waals surface area contributed by atoms with Gasteiger partial charge in [-0.25, -0.2) is 0 Å². The maximum Gasteiger partial charge on any atom is 0.127 e. The molecule has 122 valence electrons. The van der Waals surface area contributed by atoms with E-state index in [2.05, 4.69) is 13.8 Å². The topological polar surface area (TPSA) is 38.7 Å². The average molecular weight is 312 g/mol. The summed E-state index contributed by atoms with van der Waals surface area (Å²) in [5, 5.41) is 10.8. The van der Waals surface area contributed by atoms with E-state index in [1.807, 2.05) is 38.1 Å². The number of phenolic OH excluding ortho intramolecular Hbond substituents is 1. The monoisotopic (exact) mass is 312 g/mol. The Morgan fingerprint density at radius 1 is 1.09 bits per heavy atom. The maximum atomic E-state index is 10.8. The van der Waals surface area contributed by atoms with Gasteiger partial charge < -0.3 is 14.6 Å². The van der Waals surface area contributed by atoms with E-state index in [1.165, 1.54) is 0 Å². The van der Waals surface area contributed by atoms with Crippen LogP contribution in [-0.4, -0.2) is 17.8 Å². The smallest absolute Gasteiger partial charge is 0.127 e. The second-order valence-corrected chi connectivity index (χ2v) is 6.87. The Bertz CT molecular complexity index is 743. The molecule has 0 aliphatic carbocycles. The van der Waals surface area contributed by atoms with E-state index >= 15 is 0 Å². The lowest BCUT2D eigenvalue weighted by molar-refractivity contribution is 0.0836. The quantitative estimate of drug-likeness (QED) is 0.866. The maximum absolute atomic E-state index is 10.8. The number of fused-ring (bicyclic) bond motifs is 1. The van der Waals surface area contributed by atoms with Crippen LogP contribution in [0.1, 0.15) is 37.0 Å². The van der Waals surface area contributed by atoms with Crippen molar-refractivity contribution in [2.24, 2.45) is 0 Å². The number of rotatable bonds is 2. The van der Waals surface area contributed by atoms with Gasteiger partial charge in [-0.15, -0.1) is 0 Å². The van der Waals surface area contributed by atoms with Crippen LogP contribution < -0.4 is 9.47 Å². The lowest BCUT2D eigenvalue weighted by atomic mass is 9.85. The van der Waals surface area contributed by atoms with Gasteiger partial charge in [0.25, 0.3) is 0 Å². The van der Waals surface area contributed by atoms with Gasteiger partial charge in [0.2, 0.25) is 0 Å². The third kappa shape index (κ3) is 2.65. The van der Waals surface area contributed by atoms with E-state index in [4.69, 9.17) is 9.47 Å². The van der Waals surface area contributed by atoms with Gasteiger partial charge in [-0.3, -0.25) is 0 Å². The van der Waals surface area contributed by atoms with E-state index in [0.29, 0.717) is 5.75 Å².